The normalized spacial score (nSPS) is 27.9. The van der Waals surface area contributed by atoms with Crippen molar-refractivity contribution in [3.05, 3.63) is 81.6 Å². The minimum atomic E-state index is -1.87. The molecule has 1 spiro atoms. The number of ether oxygens (including phenoxy) is 2. The maximum absolute atomic E-state index is 12.9. The summed E-state index contributed by atoms with van der Waals surface area (Å²) in [7, 11) is 2.87. The average molecular weight is 688 g/mol. The van der Waals surface area contributed by atoms with Crippen molar-refractivity contribution in [1.29, 1.82) is 0 Å². The Kier molecular flexibility index (Phi) is 14.0. The van der Waals surface area contributed by atoms with Crippen molar-refractivity contribution < 1.29 is 44.1 Å². The van der Waals surface area contributed by atoms with Crippen LogP contribution in [0.1, 0.15) is 61.8 Å². The number of hydrogen-bond donors (Lipinski definition) is 4. The van der Waals surface area contributed by atoms with Gasteiger partial charge in [-0.1, -0.05) is 68.5 Å². The molecule has 272 valence electrons. The molecule has 0 aromatic carbocycles. The van der Waals surface area contributed by atoms with E-state index in [1.54, 1.807) is 103 Å². The van der Waals surface area contributed by atoms with Crippen LogP contribution in [0, 0.1) is 27.4 Å². The van der Waals surface area contributed by atoms with E-state index in [0.717, 1.165) is 0 Å². The molecule has 8 atom stereocenters. The van der Waals surface area contributed by atoms with E-state index < -0.39 is 69.6 Å². The minimum Gasteiger partial charge on any atom is -0.457 e. The highest BCUT2D eigenvalue weighted by Crippen LogP contribution is 2.54. The van der Waals surface area contributed by atoms with Crippen LogP contribution in [0.15, 0.2) is 71.5 Å². The Balaban J connectivity index is 1.95. The summed E-state index contributed by atoms with van der Waals surface area (Å²) in [5.74, 6) is -2.82. The first-order chi connectivity index (χ1) is 22.7. The second-order valence-electron chi connectivity index (χ2n) is 13.5. The molecule has 2 rings (SSSR count). The van der Waals surface area contributed by atoms with E-state index in [1.807, 2.05) is 0 Å². The number of allylic oxidation sites excluding steroid dienone is 9. The van der Waals surface area contributed by atoms with Gasteiger partial charge in [0, 0.05) is 33.2 Å². The van der Waals surface area contributed by atoms with Gasteiger partial charge in [0.05, 0.1) is 34.6 Å². The molecule has 2 amide bonds. The number of cyclic esters (lactones) is 1. The van der Waals surface area contributed by atoms with Gasteiger partial charge in [-0.2, -0.15) is 0 Å². The molecule has 2 fully saturated rings. The molecule has 0 aromatic rings. The average Bonchev–Trinajstić information content (AvgIpc) is 3.22. The summed E-state index contributed by atoms with van der Waals surface area (Å²) >= 11 is 0. The number of hydrogen-bond acceptors (Lipinski definition) is 10. The lowest BCUT2D eigenvalue weighted by molar-refractivity contribution is -0.425. The van der Waals surface area contributed by atoms with Gasteiger partial charge in [0.2, 0.25) is 23.1 Å². The Morgan fingerprint density at radius 3 is 2.33 bits per heavy atom. The SMILES string of the molecule is COC(C[C@H](C)[C@@H](O)/C=C/C=C/CNC(=O)C(C)(C)[C@H](O)\C(C)=C/C=C\C=C\C(C)=C(/C)[N+](=O)[O-])C1(O)[C@H](C)C(=O)N(C)C12C(=O)O[C@@H]2C. The molecule has 2 saturated heterocycles. The summed E-state index contributed by atoms with van der Waals surface area (Å²) in [5.41, 5.74) is -3.46. The molecule has 4 N–H and O–H groups in total. The number of amides is 2. The summed E-state index contributed by atoms with van der Waals surface area (Å²) < 4.78 is 10.9. The highest BCUT2D eigenvalue weighted by molar-refractivity contribution is 5.99. The first-order valence-electron chi connectivity index (χ1n) is 16.3. The second-order valence-corrected chi connectivity index (χ2v) is 13.5. The van der Waals surface area contributed by atoms with Crippen LogP contribution in [0.3, 0.4) is 0 Å². The summed E-state index contributed by atoms with van der Waals surface area (Å²) in [5, 5.41) is 47.2. The molecule has 49 heavy (non-hydrogen) atoms. The fraction of sp³-hybridized carbons (Fsp3) is 0.583. The predicted molar refractivity (Wildman–Crippen MR) is 184 cm³/mol. The molecule has 2 aliphatic rings. The Labute approximate surface area is 288 Å². The van der Waals surface area contributed by atoms with E-state index in [0.29, 0.717) is 11.1 Å². The van der Waals surface area contributed by atoms with Crippen molar-refractivity contribution in [2.75, 3.05) is 20.7 Å². The Hall–Kier alpha value is -3.91. The molecule has 3 unspecified atom stereocenters. The summed E-state index contributed by atoms with van der Waals surface area (Å²) in [6.07, 6.45) is 11.2. The molecular formula is C36H53N3O10. The highest BCUT2D eigenvalue weighted by atomic mass is 16.6. The summed E-state index contributed by atoms with van der Waals surface area (Å²) in [6.45, 7) is 13.2. The number of carbonyl (C=O) groups is 3. The highest BCUT2D eigenvalue weighted by Gasteiger charge is 2.80. The monoisotopic (exact) mass is 687 g/mol. The number of nitrogens with one attached hydrogen (secondary N) is 1. The smallest absolute Gasteiger partial charge is 0.339 e. The maximum Gasteiger partial charge on any atom is 0.339 e. The molecule has 0 radical (unpaired) electrons. The number of nitro groups is 1. The Morgan fingerprint density at radius 1 is 1.14 bits per heavy atom. The van der Waals surface area contributed by atoms with Crippen LogP contribution in [0.5, 0.6) is 0 Å². The van der Waals surface area contributed by atoms with Crippen LogP contribution < -0.4 is 5.32 Å². The summed E-state index contributed by atoms with van der Waals surface area (Å²) in [4.78, 5) is 50.2. The third kappa shape index (κ3) is 8.12. The molecule has 0 aliphatic carbocycles. The number of likely N-dealkylation sites (N-methyl/N-ethyl adjacent to an activating group) is 1. The van der Waals surface area contributed by atoms with E-state index >= 15 is 0 Å². The molecule has 0 bridgehead atoms. The maximum atomic E-state index is 12.9. The van der Waals surface area contributed by atoms with Crippen molar-refractivity contribution in [2.24, 2.45) is 17.3 Å². The lowest BCUT2D eigenvalue weighted by Crippen LogP contribution is -2.80. The van der Waals surface area contributed by atoms with Crippen molar-refractivity contribution in [3.63, 3.8) is 0 Å². The number of aliphatic hydroxyl groups is 3. The quantitative estimate of drug-likeness (QED) is 0.0812. The number of aliphatic hydroxyl groups excluding tert-OH is 2. The van der Waals surface area contributed by atoms with Gasteiger partial charge >= 0.3 is 5.97 Å². The first-order valence-corrected chi connectivity index (χ1v) is 16.3. The molecule has 13 nitrogen and oxygen atoms in total. The van der Waals surface area contributed by atoms with Crippen LogP contribution in [-0.2, 0) is 23.9 Å². The summed E-state index contributed by atoms with van der Waals surface area (Å²) in [6, 6.07) is 0. The third-order valence-electron chi connectivity index (χ3n) is 10.0. The lowest BCUT2D eigenvalue weighted by Gasteiger charge is -2.55. The van der Waals surface area contributed by atoms with Crippen LogP contribution >= 0.6 is 0 Å². The zero-order chi connectivity index (χ0) is 37.5. The topological polar surface area (TPSA) is 189 Å². The van der Waals surface area contributed by atoms with E-state index in [-0.39, 0.29) is 24.6 Å². The van der Waals surface area contributed by atoms with E-state index in [1.165, 1.54) is 26.0 Å². The molecule has 13 heteroatoms. The Bertz CT molecular complexity index is 1440. The van der Waals surface area contributed by atoms with E-state index in [4.69, 9.17) is 9.47 Å². The second kappa shape index (κ2) is 16.7. The van der Waals surface area contributed by atoms with Gasteiger partial charge < -0.3 is 35.0 Å². The zero-order valence-corrected chi connectivity index (χ0v) is 30.2. The minimum absolute atomic E-state index is 0.0567. The standard InChI is InChI=1S/C36H53N3O10/c1-22(26(5)39(46)47)17-13-11-14-18-23(2)30(41)34(7,8)32(43)37-20-16-12-15-19-28(40)24(3)21-29(48-10)36(45)25(4)31(42)38(9)35(36)27(6)49-33(35)44/h11-19,24-25,27-30,40-41,45H,20-21H2,1-10H3,(H,37,43)/b14-11-,16-12+,17-13+,19-15+,23-18-,26-22+/t24-,25+,27+,28-,29?,30+,35?,36?/m0/s1. The Morgan fingerprint density at radius 2 is 1.78 bits per heavy atom. The van der Waals surface area contributed by atoms with Crippen LogP contribution in [0.2, 0.25) is 0 Å². The first kappa shape index (κ1) is 41.3. The molecule has 2 heterocycles. The number of methoxy groups -OCH3 is 1. The van der Waals surface area contributed by atoms with Gasteiger partial charge in [-0.3, -0.25) is 19.7 Å². The lowest BCUT2D eigenvalue weighted by atomic mass is 9.65. The van der Waals surface area contributed by atoms with Crippen molar-refractivity contribution >= 4 is 17.8 Å². The largest absolute Gasteiger partial charge is 0.457 e. The van der Waals surface area contributed by atoms with Crippen molar-refractivity contribution in [1.82, 2.24) is 10.2 Å². The number of nitrogens with zero attached hydrogens (tertiary/aromatic N) is 2. The molecule has 0 aromatic heterocycles. The van der Waals surface area contributed by atoms with Gasteiger partial charge in [-0.15, -0.1) is 0 Å². The molecule has 2 aliphatic heterocycles. The molecule has 0 saturated carbocycles. The number of esters is 1. The van der Waals surface area contributed by atoms with Crippen molar-refractivity contribution in [3.8, 4) is 0 Å². The van der Waals surface area contributed by atoms with Crippen molar-refractivity contribution in [2.45, 2.75) is 97.4 Å². The van der Waals surface area contributed by atoms with Gasteiger partial charge in [0.15, 0.2) is 0 Å². The van der Waals surface area contributed by atoms with E-state index in [2.05, 4.69) is 5.32 Å². The van der Waals surface area contributed by atoms with Gasteiger partial charge in [0.1, 0.15) is 11.7 Å². The third-order valence-corrected chi connectivity index (χ3v) is 10.0. The predicted octanol–water partition coefficient (Wildman–Crippen LogP) is 3.16. The van der Waals surface area contributed by atoms with E-state index in [9.17, 15) is 39.8 Å². The fourth-order valence-electron chi connectivity index (χ4n) is 6.46. The van der Waals surface area contributed by atoms with Crippen LogP contribution in [0.25, 0.3) is 0 Å². The fourth-order valence-corrected chi connectivity index (χ4v) is 6.46. The number of carbonyl (C=O) groups excluding carboxylic acids is 3. The molecular weight excluding hydrogens is 634 g/mol. The number of rotatable bonds is 16. The zero-order valence-electron chi connectivity index (χ0n) is 30.2. The van der Waals surface area contributed by atoms with Crippen LogP contribution in [0.4, 0.5) is 0 Å². The number of likely N-dealkylation sites (tertiary alicyclic amines) is 1. The van der Waals surface area contributed by atoms with Gasteiger partial charge in [0.25, 0.3) is 0 Å². The van der Waals surface area contributed by atoms with Gasteiger partial charge in [-0.25, -0.2) is 4.79 Å². The van der Waals surface area contributed by atoms with Gasteiger partial charge in [-0.05, 0) is 52.5 Å². The van der Waals surface area contributed by atoms with Crippen LogP contribution in [-0.4, -0.2) is 99.2 Å².